The van der Waals surface area contributed by atoms with Crippen molar-refractivity contribution in [2.24, 2.45) is 0 Å². The first-order chi connectivity index (χ1) is 51.7. The van der Waals surface area contributed by atoms with Crippen LogP contribution < -0.4 is 0 Å². The number of aliphatic hydroxyl groups is 1. The quantitative estimate of drug-likeness (QED) is 0.0169. The molecule has 19 heteroatoms. The SMILES string of the molecule is CC/C=C\C/C=C\C/C=C\C/C=C\C/C=C\CCCCCC(=O)OC[C@H](COP(=O)(O)OCC(O)COP(=O)(O)OC[C@@H](COC(=O)CCC/C=C\C/C=C\C/C=C\C/C=C\CCCCC)OC(=O)CCCCCCCCC/C=C\CCCCCC)OC(=O)CCCCCCC/C=C\CCCCCCCC. The van der Waals surface area contributed by atoms with Crippen molar-refractivity contribution in [2.75, 3.05) is 39.6 Å². The number of phosphoric ester groups is 2. The maximum atomic E-state index is 13.1. The first kappa shape index (κ1) is 101. The lowest BCUT2D eigenvalue weighted by Gasteiger charge is -2.21. The molecule has 0 rings (SSSR count). The second-order valence-electron chi connectivity index (χ2n) is 27.3. The number of aliphatic hydroxyl groups excluding tert-OH is 1. The van der Waals surface area contributed by atoms with Crippen molar-refractivity contribution in [2.45, 2.75) is 354 Å². The summed E-state index contributed by atoms with van der Waals surface area (Å²) in [6, 6.07) is 0. The van der Waals surface area contributed by atoms with E-state index in [2.05, 4.69) is 149 Å². The van der Waals surface area contributed by atoms with Crippen LogP contribution in [-0.4, -0.2) is 96.7 Å². The van der Waals surface area contributed by atoms with Crippen LogP contribution in [0.3, 0.4) is 0 Å². The molecule has 0 aliphatic heterocycles. The number of hydrogen-bond donors (Lipinski definition) is 3. The van der Waals surface area contributed by atoms with E-state index in [4.69, 9.17) is 37.0 Å². The van der Waals surface area contributed by atoms with Gasteiger partial charge in [-0.3, -0.25) is 37.3 Å². The van der Waals surface area contributed by atoms with E-state index in [1.807, 2.05) is 12.2 Å². The molecule has 0 radical (unpaired) electrons. The normalized spacial score (nSPS) is 14.5. The maximum Gasteiger partial charge on any atom is 0.472 e. The van der Waals surface area contributed by atoms with Crippen LogP contribution >= 0.6 is 15.6 Å². The maximum absolute atomic E-state index is 13.1. The zero-order valence-electron chi connectivity index (χ0n) is 66.6. The van der Waals surface area contributed by atoms with E-state index in [0.29, 0.717) is 32.1 Å². The Morgan fingerprint density at radius 1 is 0.274 bits per heavy atom. The molecule has 0 heterocycles. The number of unbranched alkanes of at least 4 members (excludes halogenated alkanes) is 29. The number of carbonyl (C=O) groups excluding carboxylic acids is 4. The van der Waals surface area contributed by atoms with Gasteiger partial charge in [0.25, 0.3) is 0 Å². The molecule has 0 fully saturated rings. The van der Waals surface area contributed by atoms with Gasteiger partial charge in [-0.2, -0.15) is 0 Å². The average Bonchev–Trinajstić information content (AvgIpc) is 0.909. The Labute approximate surface area is 644 Å². The molecule has 0 bridgehead atoms. The van der Waals surface area contributed by atoms with Gasteiger partial charge in [0.15, 0.2) is 12.2 Å². The molecule has 0 saturated heterocycles. The monoisotopic (exact) mass is 1530 g/mol. The van der Waals surface area contributed by atoms with Crippen LogP contribution in [0.2, 0.25) is 0 Å². The van der Waals surface area contributed by atoms with Crippen LogP contribution in [0.15, 0.2) is 134 Å². The van der Waals surface area contributed by atoms with Gasteiger partial charge in [-0.25, -0.2) is 9.13 Å². The summed E-state index contributed by atoms with van der Waals surface area (Å²) in [5, 5.41) is 10.7. The van der Waals surface area contributed by atoms with Crippen molar-refractivity contribution in [1.29, 1.82) is 0 Å². The molecule has 3 N–H and O–H groups in total. The Bertz CT molecular complexity index is 2530. The van der Waals surface area contributed by atoms with Gasteiger partial charge in [0.2, 0.25) is 0 Å². The van der Waals surface area contributed by atoms with Crippen LogP contribution in [0, 0.1) is 0 Å². The third-order valence-corrected chi connectivity index (χ3v) is 19.0. The molecular weight excluding hydrogens is 1380 g/mol. The minimum Gasteiger partial charge on any atom is -0.462 e. The molecule has 0 amide bonds. The molecule has 17 nitrogen and oxygen atoms in total. The lowest BCUT2D eigenvalue weighted by atomic mass is 10.1. The minimum absolute atomic E-state index is 0.0737. The molecule has 0 aromatic carbocycles. The Kier molecular flexibility index (Phi) is 74.8. The Morgan fingerprint density at radius 2 is 0.500 bits per heavy atom. The fraction of sp³-hybridized carbons (Fsp3) is 0.701. The van der Waals surface area contributed by atoms with Crippen LogP contribution in [0.1, 0.15) is 336 Å². The molecule has 0 spiro atoms. The van der Waals surface area contributed by atoms with Crippen molar-refractivity contribution in [3.63, 3.8) is 0 Å². The molecule has 0 aliphatic carbocycles. The smallest absolute Gasteiger partial charge is 0.462 e. The van der Waals surface area contributed by atoms with Gasteiger partial charge in [0.05, 0.1) is 26.4 Å². The van der Waals surface area contributed by atoms with Gasteiger partial charge in [-0.1, -0.05) is 283 Å². The van der Waals surface area contributed by atoms with Gasteiger partial charge >= 0.3 is 39.5 Å². The molecule has 5 atom stereocenters. The van der Waals surface area contributed by atoms with Crippen LogP contribution in [0.5, 0.6) is 0 Å². The highest BCUT2D eigenvalue weighted by Gasteiger charge is 2.30. The predicted octanol–water partition coefficient (Wildman–Crippen LogP) is 24.4. The van der Waals surface area contributed by atoms with Crippen LogP contribution in [-0.2, 0) is 65.4 Å². The number of rotatable bonds is 77. The molecule has 0 aromatic heterocycles. The number of carbonyl (C=O) groups is 4. The topological polar surface area (TPSA) is 237 Å². The summed E-state index contributed by atoms with van der Waals surface area (Å²) in [6.07, 6.45) is 88.5. The molecule has 0 aliphatic rings. The summed E-state index contributed by atoms with van der Waals surface area (Å²) in [4.78, 5) is 73.1. The summed E-state index contributed by atoms with van der Waals surface area (Å²) in [5.74, 6) is -2.28. The predicted molar refractivity (Wildman–Crippen MR) is 436 cm³/mol. The van der Waals surface area contributed by atoms with E-state index in [9.17, 15) is 43.2 Å². The Morgan fingerprint density at radius 3 is 0.840 bits per heavy atom. The van der Waals surface area contributed by atoms with Crippen molar-refractivity contribution in [3.8, 4) is 0 Å². The molecule has 608 valence electrons. The summed E-state index contributed by atoms with van der Waals surface area (Å²) in [5.41, 5.74) is 0. The summed E-state index contributed by atoms with van der Waals surface area (Å²) in [7, 11) is -9.99. The van der Waals surface area contributed by atoms with Crippen molar-refractivity contribution in [1.82, 2.24) is 0 Å². The van der Waals surface area contributed by atoms with E-state index < -0.39 is 97.5 Å². The second kappa shape index (κ2) is 78.3. The van der Waals surface area contributed by atoms with E-state index in [1.165, 1.54) is 83.5 Å². The Hall–Kier alpha value is -4.80. The standard InChI is InChI=1S/C87H148O17P2/c1-5-9-13-17-21-25-29-33-37-39-40-42-46-48-52-56-60-64-68-72-85(90)98-78-83(104-87(92)74-70-66-62-58-54-50-44-36-32-28-24-20-16-12-8-4)80-102-106(95,96)100-76-81(88)75-99-105(93,94)101-79-82(103-86(91)73-69-65-61-57-53-49-43-35-31-27-23-19-15-11-7-3)77-97-84(89)71-67-63-59-55-51-47-45-41-38-34-30-26-22-18-14-10-6-2/h9,13,21-22,25-27,31,33-34,36-38,40,42,44-45,47-48,52,55,59,81-83,88H,5-8,10-12,14-20,23-24,28-30,32,35,39,41,43,46,49-51,53-54,56-58,60-80H2,1-4H3,(H,93,94)(H,95,96)/b13-9-,25-21-,26-22-,31-27-,37-33-,38-34-,42-40-,44-36-,47-45-,52-48-,59-55-/t81?,82-,83-/m1/s1. The van der Waals surface area contributed by atoms with Crippen molar-refractivity contribution in [3.05, 3.63) is 134 Å². The molecule has 0 aromatic rings. The zero-order valence-corrected chi connectivity index (χ0v) is 68.4. The average molecular weight is 1530 g/mol. The van der Waals surface area contributed by atoms with Gasteiger partial charge in [-0.05, 0) is 161 Å². The highest BCUT2D eigenvalue weighted by molar-refractivity contribution is 7.47. The second-order valence-corrected chi connectivity index (χ2v) is 30.2. The summed E-state index contributed by atoms with van der Waals surface area (Å²) in [6.45, 7) is 4.63. The van der Waals surface area contributed by atoms with Crippen molar-refractivity contribution < 1.29 is 80.2 Å². The van der Waals surface area contributed by atoms with Crippen molar-refractivity contribution >= 4 is 39.5 Å². The van der Waals surface area contributed by atoms with E-state index >= 15 is 0 Å². The van der Waals surface area contributed by atoms with E-state index in [1.54, 1.807) is 0 Å². The number of allylic oxidation sites excluding steroid dienone is 22. The highest BCUT2D eigenvalue weighted by Crippen LogP contribution is 2.45. The number of hydrogen-bond acceptors (Lipinski definition) is 15. The Balaban J connectivity index is 5.45. The molecular formula is C87H148O17P2. The fourth-order valence-corrected chi connectivity index (χ4v) is 12.3. The van der Waals surface area contributed by atoms with Gasteiger partial charge in [0.1, 0.15) is 19.3 Å². The molecule has 3 unspecified atom stereocenters. The van der Waals surface area contributed by atoms with Crippen LogP contribution in [0.4, 0.5) is 0 Å². The van der Waals surface area contributed by atoms with E-state index in [0.717, 1.165) is 167 Å². The zero-order chi connectivity index (χ0) is 77.4. The summed E-state index contributed by atoms with van der Waals surface area (Å²) < 4.78 is 68.6. The third kappa shape index (κ3) is 77.4. The van der Waals surface area contributed by atoms with E-state index in [-0.39, 0.29) is 25.7 Å². The number of ether oxygens (including phenoxy) is 4. The fourth-order valence-electron chi connectivity index (χ4n) is 10.8. The first-order valence-corrected chi connectivity index (χ1v) is 44.4. The lowest BCUT2D eigenvalue weighted by molar-refractivity contribution is -0.161. The first-order valence-electron chi connectivity index (χ1n) is 41.4. The lowest BCUT2D eigenvalue weighted by Crippen LogP contribution is -2.30. The molecule has 0 saturated carbocycles. The largest absolute Gasteiger partial charge is 0.472 e. The third-order valence-electron chi connectivity index (χ3n) is 17.1. The number of phosphoric acid groups is 2. The van der Waals surface area contributed by atoms with Gasteiger partial charge < -0.3 is 33.8 Å². The highest BCUT2D eigenvalue weighted by atomic mass is 31.2. The summed E-state index contributed by atoms with van der Waals surface area (Å²) >= 11 is 0. The molecule has 106 heavy (non-hydrogen) atoms. The van der Waals surface area contributed by atoms with Gasteiger partial charge in [-0.15, -0.1) is 0 Å². The van der Waals surface area contributed by atoms with Crippen LogP contribution in [0.25, 0.3) is 0 Å². The number of esters is 4. The minimum atomic E-state index is -5.00. The van der Waals surface area contributed by atoms with Gasteiger partial charge in [0, 0.05) is 25.7 Å².